The first-order valence-corrected chi connectivity index (χ1v) is 12.4. The largest absolute Gasteiger partial charge is 0.455 e. The van der Waals surface area contributed by atoms with Crippen molar-refractivity contribution in [1.29, 1.82) is 5.26 Å². The van der Waals surface area contributed by atoms with Gasteiger partial charge in [0.1, 0.15) is 18.5 Å². The van der Waals surface area contributed by atoms with Gasteiger partial charge < -0.3 is 9.64 Å². The molecule has 4 rings (SSSR count). The number of hydrogen-bond acceptors (Lipinski definition) is 8. The van der Waals surface area contributed by atoms with E-state index in [1.165, 1.54) is 24.3 Å². The molecule has 0 atom stereocenters. The molecule has 2 aliphatic rings. The maximum absolute atomic E-state index is 12.6. The van der Waals surface area contributed by atoms with E-state index >= 15 is 0 Å². The number of benzene rings is 1. The number of cyclic esters (lactones) is 1. The molecule has 1 saturated heterocycles. The van der Waals surface area contributed by atoms with Crippen molar-refractivity contribution in [3.05, 3.63) is 56.7 Å². The lowest BCUT2D eigenvalue weighted by Gasteiger charge is -2.32. The number of carbonyl (C=O) groups is 2. The van der Waals surface area contributed by atoms with Gasteiger partial charge in [-0.2, -0.15) is 5.26 Å². The first-order valence-electron chi connectivity index (χ1n) is 10.0. The molecule has 33 heavy (non-hydrogen) atoms. The molecular formula is C21H18Cl2N4O5S. The summed E-state index contributed by atoms with van der Waals surface area (Å²) in [7, 11) is -3.94. The molecule has 0 spiro atoms. The van der Waals surface area contributed by atoms with Crippen LogP contribution in [-0.4, -0.2) is 38.4 Å². The van der Waals surface area contributed by atoms with Crippen LogP contribution >= 0.6 is 23.2 Å². The minimum Gasteiger partial charge on any atom is -0.455 e. The summed E-state index contributed by atoms with van der Waals surface area (Å²) in [5.41, 5.74) is 1.38. The molecule has 1 aromatic heterocycles. The van der Waals surface area contributed by atoms with Crippen LogP contribution < -0.4 is 9.62 Å². The van der Waals surface area contributed by atoms with Gasteiger partial charge in [-0.3, -0.25) is 9.52 Å². The summed E-state index contributed by atoms with van der Waals surface area (Å²) in [5, 5.41) is 10.1. The lowest BCUT2D eigenvalue weighted by molar-refractivity contribution is -0.123. The van der Waals surface area contributed by atoms with Crippen LogP contribution in [0.5, 0.6) is 0 Å². The number of fused-ring (bicyclic) bond motifs is 1. The number of ether oxygens (including phenoxy) is 1. The second kappa shape index (κ2) is 9.17. The Kier molecular flexibility index (Phi) is 6.47. The Morgan fingerprint density at radius 2 is 1.88 bits per heavy atom. The number of nitrogens with zero attached hydrogens (tertiary/aromatic N) is 3. The summed E-state index contributed by atoms with van der Waals surface area (Å²) in [6.07, 6.45) is 0.757. The van der Waals surface area contributed by atoms with Gasteiger partial charge in [-0.1, -0.05) is 23.2 Å². The zero-order valence-electron chi connectivity index (χ0n) is 17.2. The van der Waals surface area contributed by atoms with Gasteiger partial charge in [0, 0.05) is 29.1 Å². The van der Waals surface area contributed by atoms with Gasteiger partial charge in [-0.15, -0.1) is 0 Å². The smallest absolute Gasteiger partial charge is 0.340 e. The van der Waals surface area contributed by atoms with Crippen LogP contribution in [0, 0.1) is 17.2 Å². The predicted molar refractivity (Wildman–Crippen MR) is 120 cm³/mol. The van der Waals surface area contributed by atoms with Crippen LogP contribution in [0.1, 0.15) is 40.0 Å². The minimum absolute atomic E-state index is 0.0570. The van der Waals surface area contributed by atoms with Crippen LogP contribution in [0.4, 0.5) is 5.82 Å². The number of amides is 1. The van der Waals surface area contributed by atoms with Crippen LogP contribution in [0.2, 0.25) is 10.0 Å². The number of rotatable bonds is 5. The van der Waals surface area contributed by atoms with Crippen molar-refractivity contribution in [1.82, 2.24) is 9.71 Å². The van der Waals surface area contributed by atoms with Gasteiger partial charge >= 0.3 is 5.97 Å². The van der Waals surface area contributed by atoms with E-state index in [2.05, 4.69) is 9.71 Å². The molecule has 0 bridgehead atoms. The van der Waals surface area contributed by atoms with E-state index in [0.29, 0.717) is 53.1 Å². The third-order valence-corrected chi connectivity index (χ3v) is 7.12. The molecule has 1 fully saturated rings. The van der Waals surface area contributed by atoms with Gasteiger partial charge in [0.15, 0.2) is 0 Å². The van der Waals surface area contributed by atoms with Crippen LogP contribution in [0.25, 0.3) is 0 Å². The zero-order chi connectivity index (χ0) is 23.8. The number of nitriles is 1. The number of piperidine rings is 1. The summed E-state index contributed by atoms with van der Waals surface area (Å²) >= 11 is 11.8. The van der Waals surface area contributed by atoms with E-state index in [-0.39, 0.29) is 17.7 Å². The number of pyridine rings is 1. The van der Waals surface area contributed by atoms with E-state index in [1.807, 2.05) is 11.0 Å². The first-order chi connectivity index (χ1) is 15.6. The Balaban J connectivity index is 1.39. The van der Waals surface area contributed by atoms with E-state index in [9.17, 15) is 23.3 Å². The number of nitrogens with one attached hydrogen (secondary N) is 1. The topological polar surface area (TPSA) is 129 Å². The van der Waals surface area contributed by atoms with Gasteiger partial charge in [0.05, 0.1) is 22.6 Å². The standard InChI is InChI=1S/C21H18Cl2N4O5S/c22-15-5-12(6-16(23)8-15)11-33(30,31)26-20(28)13-1-3-27(4-2-13)19-14(9-24)7-17-18(25-19)10-32-21(17)29/h5-8,13H,1-4,10-11H2,(H,26,28). The van der Waals surface area contributed by atoms with Crippen molar-refractivity contribution < 1.29 is 22.7 Å². The number of sulfonamides is 1. The Labute approximate surface area is 200 Å². The molecule has 172 valence electrons. The molecule has 3 heterocycles. The van der Waals surface area contributed by atoms with E-state index in [1.54, 1.807) is 0 Å². The average Bonchev–Trinajstić information content (AvgIpc) is 3.11. The highest BCUT2D eigenvalue weighted by Gasteiger charge is 2.31. The molecule has 0 aliphatic carbocycles. The van der Waals surface area contributed by atoms with Crippen molar-refractivity contribution in [3.8, 4) is 6.07 Å². The molecule has 0 unspecified atom stereocenters. The monoisotopic (exact) mass is 508 g/mol. The molecule has 9 nitrogen and oxygen atoms in total. The van der Waals surface area contributed by atoms with Crippen LogP contribution in [0.15, 0.2) is 24.3 Å². The summed E-state index contributed by atoms with van der Waals surface area (Å²) in [5.74, 6) is -1.59. The Morgan fingerprint density at radius 3 is 2.52 bits per heavy atom. The second-order valence-electron chi connectivity index (χ2n) is 7.81. The van der Waals surface area contributed by atoms with E-state index in [4.69, 9.17) is 27.9 Å². The van der Waals surface area contributed by atoms with Crippen molar-refractivity contribution >= 4 is 50.9 Å². The highest BCUT2D eigenvalue weighted by Crippen LogP contribution is 2.29. The van der Waals surface area contributed by atoms with Gasteiger partial charge in [-0.25, -0.2) is 18.2 Å². The van der Waals surface area contributed by atoms with Gasteiger partial charge in [-0.05, 0) is 42.7 Å². The molecule has 0 radical (unpaired) electrons. The summed E-state index contributed by atoms with van der Waals surface area (Å²) < 4.78 is 32.0. The van der Waals surface area contributed by atoms with Crippen LogP contribution in [0.3, 0.4) is 0 Å². The molecule has 0 saturated carbocycles. The number of aromatic nitrogens is 1. The molecule has 2 aliphatic heterocycles. The number of carbonyl (C=O) groups excluding carboxylic acids is 2. The fraction of sp³-hybridized carbons (Fsp3) is 0.333. The van der Waals surface area contributed by atoms with Crippen molar-refractivity contribution in [2.75, 3.05) is 18.0 Å². The molecule has 2 aromatic rings. The van der Waals surface area contributed by atoms with Gasteiger partial charge in [0.2, 0.25) is 15.9 Å². The maximum atomic E-state index is 12.6. The quantitative estimate of drug-likeness (QED) is 0.610. The number of halogens is 2. The SMILES string of the molecule is N#Cc1cc2c(nc1N1CCC(C(=O)NS(=O)(=O)Cc3cc(Cl)cc(Cl)c3)CC1)COC2=O. The van der Waals surface area contributed by atoms with E-state index < -0.39 is 33.6 Å². The number of esters is 1. The third-order valence-electron chi connectivity index (χ3n) is 5.46. The molecular weight excluding hydrogens is 491 g/mol. The van der Waals surface area contributed by atoms with E-state index in [0.717, 1.165) is 0 Å². The van der Waals surface area contributed by atoms with Crippen molar-refractivity contribution in [2.24, 2.45) is 5.92 Å². The fourth-order valence-corrected chi connectivity index (χ4v) is 5.62. The third kappa shape index (κ3) is 5.21. The first kappa shape index (κ1) is 23.3. The maximum Gasteiger partial charge on any atom is 0.340 e. The lowest BCUT2D eigenvalue weighted by atomic mass is 9.96. The molecule has 1 N–H and O–H groups in total. The molecule has 1 aromatic carbocycles. The lowest BCUT2D eigenvalue weighted by Crippen LogP contribution is -2.43. The van der Waals surface area contributed by atoms with Gasteiger partial charge in [0.25, 0.3) is 0 Å². The summed E-state index contributed by atoms with van der Waals surface area (Å²) in [6.45, 7) is 0.857. The van der Waals surface area contributed by atoms with Crippen LogP contribution in [-0.2, 0) is 31.9 Å². The minimum atomic E-state index is -3.94. The Bertz CT molecular complexity index is 1260. The highest BCUT2D eigenvalue weighted by atomic mass is 35.5. The Morgan fingerprint density at radius 1 is 1.21 bits per heavy atom. The summed E-state index contributed by atoms with van der Waals surface area (Å²) in [6, 6.07) is 7.97. The van der Waals surface area contributed by atoms with Crippen molar-refractivity contribution in [3.63, 3.8) is 0 Å². The van der Waals surface area contributed by atoms with Crippen molar-refractivity contribution in [2.45, 2.75) is 25.2 Å². The molecule has 12 heteroatoms. The second-order valence-corrected chi connectivity index (χ2v) is 10.4. The fourth-order valence-electron chi connectivity index (χ4n) is 3.90. The number of anilines is 1. The molecule has 1 amide bonds. The number of hydrogen-bond donors (Lipinski definition) is 1. The zero-order valence-corrected chi connectivity index (χ0v) is 19.5. The predicted octanol–water partition coefficient (Wildman–Crippen LogP) is 2.79. The summed E-state index contributed by atoms with van der Waals surface area (Å²) in [4.78, 5) is 30.6. The normalized spacial score (nSPS) is 16.2. The Hall–Kier alpha value is -2.87. The highest BCUT2D eigenvalue weighted by molar-refractivity contribution is 7.89. The average molecular weight is 509 g/mol.